The molecule has 2 rings (SSSR count). The Morgan fingerprint density at radius 3 is 2.81 bits per heavy atom. The average molecular weight is 284 g/mol. The second-order valence-electron chi connectivity index (χ2n) is 4.09. The summed E-state index contributed by atoms with van der Waals surface area (Å²) < 4.78 is 0. The van der Waals surface area contributed by atoms with Gasteiger partial charge >= 0.3 is 5.69 Å². The summed E-state index contributed by atoms with van der Waals surface area (Å²) in [5.74, 6) is 0.269. The van der Waals surface area contributed by atoms with Gasteiger partial charge in [0.15, 0.2) is 0 Å². The zero-order valence-electron chi connectivity index (χ0n) is 11.2. The SMILES string of the molecule is CNc1ncnc(NCc2cccc(C#N)c2)c1[N+](=O)[O-]. The van der Waals surface area contributed by atoms with Gasteiger partial charge in [-0.1, -0.05) is 12.1 Å². The van der Waals surface area contributed by atoms with E-state index in [9.17, 15) is 10.1 Å². The molecular formula is C13H12N6O2. The van der Waals surface area contributed by atoms with Crippen LogP contribution in [-0.4, -0.2) is 21.9 Å². The molecule has 8 nitrogen and oxygen atoms in total. The van der Waals surface area contributed by atoms with Gasteiger partial charge in [0.1, 0.15) is 6.33 Å². The third kappa shape index (κ3) is 3.22. The number of anilines is 2. The molecule has 0 atom stereocenters. The van der Waals surface area contributed by atoms with Gasteiger partial charge in [-0.3, -0.25) is 10.1 Å². The summed E-state index contributed by atoms with van der Waals surface area (Å²) in [4.78, 5) is 18.3. The lowest BCUT2D eigenvalue weighted by Gasteiger charge is -2.08. The van der Waals surface area contributed by atoms with Crippen molar-refractivity contribution >= 4 is 17.3 Å². The van der Waals surface area contributed by atoms with Crippen molar-refractivity contribution < 1.29 is 4.92 Å². The van der Waals surface area contributed by atoms with Gasteiger partial charge in [0.25, 0.3) is 0 Å². The Hall–Kier alpha value is -3.21. The number of hydrogen-bond donors (Lipinski definition) is 2. The van der Waals surface area contributed by atoms with Crippen molar-refractivity contribution in [3.63, 3.8) is 0 Å². The lowest BCUT2D eigenvalue weighted by atomic mass is 10.1. The second kappa shape index (κ2) is 6.29. The van der Waals surface area contributed by atoms with Crippen molar-refractivity contribution in [2.45, 2.75) is 6.54 Å². The van der Waals surface area contributed by atoms with E-state index in [2.05, 4.69) is 20.6 Å². The molecule has 0 spiro atoms. The zero-order valence-corrected chi connectivity index (χ0v) is 11.2. The van der Waals surface area contributed by atoms with Crippen molar-refractivity contribution in [2.75, 3.05) is 17.7 Å². The molecule has 1 heterocycles. The molecule has 106 valence electrons. The lowest BCUT2D eigenvalue weighted by molar-refractivity contribution is -0.383. The smallest absolute Gasteiger partial charge is 0.353 e. The first-order valence-corrected chi connectivity index (χ1v) is 6.05. The highest BCUT2D eigenvalue weighted by atomic mass is 16.6. The zero-order chi connectivity index (χ0) is 15.2. The van der Waals surface area contributed by atoms with E-state index in [0.717, 1.165) is 5.56 Å². The van der Waals surface area contributed by atoms with Crippen molar-refractivity contribution in [1.29, 1.82) is 5.26 Å². The van der Waals surface area contributed by atoms with Crippen molar-refractivity contribution in [3.8, 4) is 6.07 Å². The molecule has 21 heavy (non-hydrogen) atoms. The van der Waals surface area contributed by atoms with Crippen LogP contribution in [0.5, 0.6) is 0 Å². The minimum Gasteiger partial charge on any atom is -0.367 e. The maximum absolute atomic E-state index is 11.1. The molecule has 0 saturated heterocycles. The van der Waals surface area contributed by atoms with Crippen molar-refractivity contribution in [3.05, 3.63) is 51.8 Å². The standard InChI is InChI=1S/C13H12N6O2/c1-15-12-11(19(20)21)13(18-8-17-12)16-7-10-4-2-3-9(5-10)6-14/h2-5,8H,7H2,1H3,(H2,15,16,17,18). The Kier molecular flexibility index (Phi) is 4.26. The van der Waals surface area contributed by atoms with Crippen LogP contribution in [0, 0.1) is 21.4 Å². The highest BCUT2D eigenvalue weighted by molar-refractivity contribution is 5.69. The van der Waals surface area contributed by atoms with Crippen LogP contribution in [-0.2, 0) is 6.54 Å². The van der Waals surface area contributed by atoms with Gasteiger partial charge in [0.05, 0.1) is 16.6 Å². The van der Waals surface area contributed by atoms with E-state index in [1.165, 1.54) is 6.33 Å². The van der Waals surface area contributed by atoms with E-state index in [4.69, 9.17) is 5.26 Å². The number of benzene rings is 1. The Labute approximate surface area is 120 Å². The van der Waals surface area contributed by atoms with E-state index < -0.39 is 4.92 Å². The number of hydrogen-bond acceptors (Lipinski definition) is 7. The molecule has 2 aromatic rings. The van der Waals surface area contributed by atoms with Crippen LogP contribution in [0.3, 0.4) is 0 Å². The minimum atomic E-state index is -0.542. The quantitative estimate of drug-likeness (QED) is 0.636. The van der Waals surface area contributed by atoms with Gasteiger partial charge in [-0.25, -0.2) is 9.97 Å². The maximum atomic E-state index is 11.1. The number of nitrogens with one attached hydrogen (secondary N) is 2. The Balaban J connectivity index is 2.24. The first kappa shape index (κ1) is 14.2. The van der Waals surface area contributed by atoms with Gasteiger partial charge in [-0.15, -0.1) is 0 Å². The predicted octanol–water partition coefficient (Wildman–Crippen LogP) is 1.91. The summed E-state index contributed by atoms with van der Waals surface area (Å²) in [6.45, 7) is 0.316. The van der Waals surface area contributed by atoms with Gasteiger partial charge in [-0.2, -0.15) is 5.26 Å². The largest absolute Gasteiger partial charge is 0.367 e. The highest BCUT2D eigenvalue weighted by Crippen LogP contribution is 2.28. The number of nitriles is 1. The van der Waals surface area contributed by atoms with Gasteiger partial charge < -0.3 is 10.6 Å². The van der Waals surface area contributed by atoms with Crippen LogP contribution in [0.4, 0.5) is 17.3 Å². The topological polar surface area (TPSA) is 117 Å². The Morgan fingerprint density at radius 2 is 2.14 bits per heavy atom. The molecule has 0 amide bonds. The van der Waals surface area contributed by atoms with E-state index in [1.807, 2.05) is 12.1 Å². The molecule has 0 radical (unpaired) electrons. The molecule has 8 heteroatoms. The van der Waals surface area contributed by atoms with Crippen LogP contribution >= 0.6 is 0 Å². The summed E-state index contributed by atoms with van der Waals surface area (Å²) in [5.41, 5.74) is 1.15. The van der Waals surface area contributed by atoms with Gasteiger partial charge in [0.2, 0.25) is 11.6 Å². The Morgan fingerprint density at radius 1 is 1.38 bits per heavy atom. The van der Waals surface area contributed by atoms with Crippen LogP contribution in [0.15, 0.2) is 30.6 Å². The van der Waals surface area contributed by atoms with Crippen molar-refractivity contribution in [1.82, 2.24) is 9.97 Å². The van der Waals surface area contributed by atoms with E-state index in [0.29, 0.717) is 12.1 Å². The average Bonchev–Trinajstić information content (AvgIpc) is 2.52. The number of rotatable bonds is 5. The number of nitro groups is 1. The first-order chi connectivity index (χ1) is 10.2. The summed E-state index contributed by atoms with van der Waals surface area (Å²) in [5, 5.41) is 25.5. The van der Waals surface area contributed by atoms with Crippen LogP contribution < -0.4 is 10.6 Å². The summed E-state index contributed by atoms with van der Waals surface area (Å²) in [6, 6.07) is 9.01. The molecule has 1 aromatic carbocycles. The lowest BCUT2D eigenvalue weighted by Crippen LogP contribution is -2.08. The molecule has 0 fully saturated rings. The monoisotopic (exact) mass is 284 g/mol. The predicted molar refractivity (Wildman–Crippen MR) is 76.7 cm³/mol. The molecule has 0 aliphatic heterocycles. The summed E-state index contributed by atoms with van der Waals surface area (Å²) in [6.07, 6.45) is 1.24. The summed E-state index contributed by atoms with van der Waals surface area (Å²) >= 11 is 0. The third-order valence-corrected chi connectivity index (χ3v) is 2.76. The molecule has 0 saturated carbocycles. The fourth-order valence-electron chi connectivity index (χ4n) is 1.80. The molecule has 0 unspecified atom stereocenters. The van der Waals surface area contributed by atoms with Gasteiger partial charge in [0, 0.05) is 13.6 Å². The Bertz CT molecular complexity index is 710. The number of nitrogens with zero attached hydrogens (tertiary/aromatic N) is 4. The van der Waals surface area contributed by atoms with Crippen LogP contribution in [0.2, 0.25) is 0 Å². The molecule has 0 bridgehead atoms. The fraction of sp³-hybridized carbons (Fsp3) is 0.154. The number of aromatic nitrogens is 2. The van der Waals surface area contributed by atoms with E-state index in [-0.39, 0.29) is 17.3 Å². The third-order valence-electron chi connectivity index (χ3n) is 2.76. The van der Waals surface area contributed by atoms with E-state index >= 15 is 0 Å². The molecular weight excluding hydrogens is 272 g/mol. The first-order valence-electron chi connectivity index (χ1n) is 6.05. The molecule has 1 aromatic heterocycles. The van der Waals surface area contributed by atoms with E-state index in [1.54, 1.807) is 25.2 Å². The second-order valence-corrected chi connectivity index (χ2v) is 4.09. The maximum Gasteiger partial charge on any atom is 0.353 e. The van der Waals surface area contributed by atoms with Crippen molar-refractivity contribution in [2.24, 2.45) is 0 Å². The van der Waals surface area contributed by atoms with Crippen LogP contribution in [0.1, 0.15) is 11.1 Å². The normalized spacial score (nSPS) is 9.71. The fourth-order valence-corrected chi connectivity index (χ4v) is 1.80. The van der Waals surface area contributed by atoms with Crippen LogP contribution in [0.25, 0.3) is 0 Å². The minimum absolute atomic E-state index is 0.127. The molecule has 0 aliphatic rings. The summed E-state index contributed by atoms with van der Waals surface area (Å²) in [7, 11) is 1.55. The van der Waals surface area contributed by atoms with Gasteiger partial charge in [-0.05, 0) is 17.7 Å². The molecule has 0 aliphatic carbocycles. The highest BCUT2D eigenvalue weighted by Gasteiger charge is 2.21. The molecule has 2 N–H and O–H groups in total.